The van der Waals surface area contributed by atoms with Crippen LogP contribution in [0.25, 0.3) is 0 Å². The second kappa shape index (κ2) is 6.53. The summed E-state index contributed by atoms with van der Waals surface area (Å²) in [6.07, 6.45) is 0. The molecular weight excluding hydrogens is 181 g/mol. The molecule has 0 atom stereocenters. The van der Waals surface area contributed by atoms with Crippen LogP contribution in [-0.2, 0) is 0 Å². The summed E-state index contributed by atoms with van der Waals surface area (Å²) in [6, 6.07) is 5.81. The van der Waals surface area contributed by atoms with Crippen LogP contribution in [-0.4, -0.2) is 62.3 Å². The largest absolute Gasteiger partial charge is 0.507 e. The molecule has 0 aliphatic rings. The molecule has 60 valence electrons. The number of rotatable bonds is 1. The molecule has 3 nitrogen and oxygen atoms in total. The number of benzene rings is 1. The van der Waals surface area contributed by atoms with Crippen LogP contribution in [0.15, 0.2) is 24.3 Å². The predicted molar refractivity (Wildman–Crippen MR) is 52.2 cm³/mol. The van der Waals surface area contributed by atoms with Crippen molar-refractivity contribution < 1.29 is 15.0 Å². The highest BCUT2D eigenvalue weighted by Crippen LogP contribution is 2.14. The zero-order valence-corrected chi connectivity index (χ0v) is 5.11. The third-order valence-electron chi connectivity index (χ3n) is 1.13. The Morgan fingerprint density at radius 2 is 1.67 bits per heavy atom. The zero-order valence-electron chi connectivity index (χ0n) is 5.11. The van der Waals surface area contributed by atoms with Gasteiger partial charge in [-0.1, -0.05) is 12.1 Å². The summed E-state index contributed by atoms with van der Waals surface area (Å²) in [4.78, 5) is 10.3. The Hall–Kier alpha value is 0.0225. The van der Waals surface area contributed by atoms with Crippen LogP contribution in [0.3, 0.4) is 0 Å². The quantitative estimate of drug-likeness (QED) is 0.574. The summed E-state index contributed by atoms with van der Waals surface area (Å²) in [6.45, 7) is 0. The Balaban J connectivity index is 0. The number of hydrogen-bond acceptors (Lipinski definition) is 2. The summed E-state index contributed by atoms with van der Waals surface area (Å²) < 4.78 is 0. The molecular formula is C7H10Mg2O3. The van der Waals surface area contributed by atoms with Gasteiger partial charge < -0.3 is 10.2 Å². The molecule has 0 saturated heterocycles. The smallest absolute Gasteiger partial charge is 0.339 e. The third-order valence-corrected chi connectivity index (χ3v) is 1.13. The summed E-state index contributed by atoms with van der Waals surface area (Å²) in [7, 11) is 0. The highest BCUT2D eigenvalue weighted by Gasteiger charge is 2.05. The van der Waals surface area contributed by atoms with Gasteiger partial charge in [0.1, 0.15) is 11.3 Å². The Kier molecular flexibility index (Phi) is 7.91. The van der Waals surface area contributed by atoms with Crippen molar-refractivity contribution in [3.8, 4) is 5.75 Å². The van der Waals surface area contributed by atoms with Crippen molar-refractivity contribution >= 4 is 52.1 Å². The number of carboxylic acid groups (broad SMARTS) is 1. The van der Waals surface area contributed by atoms with E-state index in [9.17, 15) is 4.79 Å². The van der Waals surface area contributed by atoms with Crippen molar-refractivity contribution in [1.29, 1.82) is 0 Å². The van der Waals surface area contributed by atoms with E-state index in [2.05, 4.69) is 0 Å². The van der Waals surface area contributed by atoms with Gasteiger partial charge in [-0.05, 0) is 12.1 Å². The standard InChI is InChI=1S/C7H6O3.2Mg.4H/c8-6-4-2-1-3-5(6)7(9)10;;;;;;/h1-4,8H,(H,9,10);;;;;;. The molecule has 0 amide bonds. The summed E-state index contributed by atoms with van der Waals surface area (Å²) >= 11 is 0. The maximum absolute atomic E-state index is 10.3. The first kappa shape index (κ1) is 14.5. The van der Waals surface area contributed by atoms with Gasteiger partial charge >= 0.3 is 52.1 Å². The van der Waals surface area contributed by atoms with Gasteiger partial charge in [0.05, 0.1) is 0 Å². The van der Waals surface area contributed by atoms with E-state index in [-0.39, 0.29) is 57.4 Å². The first-order chi connectivity index (χ1) is 4.72. The lowest BCUT2D eigenvalue weighted by Crippen LogP contribution is -1.95. The van der Waals surface area contributed by atoms with Crippen molar-refractivity contribution in [3.63, 3.8) is 0 Å². The van der Waals surface area contributed by atoms with E-state index in [1.807, 2.05) is 0 Å². The molecule has 0 spiro atoms. The number of carboxylic acids is 1. The Labute approximate surface area is 102 Å². The van der Waals surface area contributed by atoms with Crippen LogP contribution >= 0.6 is 0 Å². The molecule has 1 aromatic carbocycles. The zero-order chi connectivity index (χ0) is 7.56. The lowest BCUT2D eigenvalue weighted by molar-refractivity contribution is 0.0694. The van der Waals surface area contributed by atoms with E-state index < -0.39 is 5.97 Å². The number of hydrogen-bond donors (Lipinski definition) is 2. The van der Waals surface area contributed by atoms with E-state index in [0.717, 1.165) is 0 Å². The predicted octanol–water partition coefficient (Wildman–Crippen LogP) is -0.742. The van der Waals surface area contributed by atoms with Crippen LogP contribution in [0.1, 0.15) is 10.4 Å². The van der Waals surface area contributed by atoms with Crippen molar-refractivity contribution in [3.05, 3.63) is 29.8 Å². The molecule has 12 heavy (non-hydrogen) atoms. The fraction of sp³-hybridized carbons (Fsp3) is 0. The third kappa shape index (κ3) is 3.62. The van der Waals surface area contributed by atoms with Crippen molar-refractivity contribution in [2.45, 2.75) is 0 Å². The molecule has 1 rings (SSSR count). The molecule has 0 heterocycles. The van der Waals surface area contributed by atoms with E-state index in [1.165, 1.54) is 12.1 Å². The van der Waals surface area contributed by atoms with Gasteiger partial charge in [-0.25, -0.2) is 4.79 Å². The fourth-order valence-corrected chi connectivity index (χ4v) is 0.654. The molecule has 0 fully saturated rings. The maximum atomic E-state index is 10.3. The molecule has 0 radical (unpaired) electrons. The average Bonchev–Trinajstić information content (AvgIpc) is 1.88. The lowest BCUT2D eigenvalue weighted by atomic mass is 10.2. The minimum Gasteiger partial charge on any atom is -0.507 e. The lowest BCUT2D eigenvalue weighted by Gasteiger charge is -1.95. The highest BCUT2D eigenvalue weighted by molar-refractivity contribution is 5.90. The summed E-state index contributed by atoms with van der Waals surface area (Å²) in [5, 5.41) is 17.3. The molecule has 2 N–H and O–H groups in total. The average molecular weight is 191 g/mol. The van der Waals surface area contributed by atoms with E-state index >= 15 is 0 Å². The molecule has 0 saturated carbocycles. The number of phenols is 1. The second-order valence-electron chi connectivity index (χ2n) is 1.82. The molecule has 0 aliphatic carbocycles. The molecule has 5 heteroatoms. The van der Waals surface area contributed by atoms with Crippen molar-refractivity contribution in [1.82, 2.24) is 0 Å². The van der Waals surface area contributed by atoms with Crippen molar-refractivity contribution in [2.24, 2.45) is 0 Å². The Morgan fingerprint density at radius 3 is 2.00 bits per heavy atom. The van der Waals surface area contributed by atoms with E-state index in [0.29, 0.717) is 0 Å². The van der Waals surface area contributed by atoms with Gasteiger partial charge in [-0.15, -0.1) is 0 Å². The highest BCUT2D eigenvalue weighted by atomic mass is 24.3. The van der Waals surface area contributed by atoms with Gasteiger partial charge in [0.15, 0.2) is 0 Å². The fourth-order valence-electron chi connectivity index (χ4n) is 0.654. The molecule has 0 aromatic heterocycles. The topological polar surface area (TPSA) is 57.5 Å². The first-order valence-corrected chi connectivity index (χ1v) is 2.73. The number of carbonyl (C=O) groups is 1. The van der Waals surface area contributed by atoms with Crippen LogP contribution in [0.5, 0.6) is 5.75 Å². The van der Waals surface area contributed by atoms with Crippen LogP contribution in [0.2, 0.25) is 0 Å². The number of para-hydroxylation sites is 1. The molecule has 1 aromatic rings. The Morgan fingerprint density at radius 1 is 1.17 bits per heavy atom. The van der Waals surface area contributed by atoms with Gasteiger partial charge in [0.25, 0.3) is 0 Å². The normalized spacial score (nSPS) is 7.67. The monoisotopic (exact) mass is 190 g/mol. The SMILES string of the molecule is O=C(O)c1ccccc1O.[MgH2].[MgH2]. The molecule has 0 bridgehead atoms. The minimum atomic E-state index is -1.11. The van der Waals surface area contributed by atoms with Gasteiger partial charge in [0, 0.05) is 0 Å². The van der Waals surface area contributed by atoms with Gasteiger partial charge in [0.2, 0.25) is 0 Å². The number of aromatic carboxylic acids is 1. The van der Waals surface area contributed by atoms with Crippen LogP contribution < -0.4 is 0 Å². The molecule has 0 unspecified atom stereocenters. The maximum Gasteiger partial charge on any atom is 0.339 e. The second-order valence-corrected chi connectivity index (χ2v) is 1.82. The minimum absolute atomic E-state index is 0. The van der Waals surface area contributed by atoms with E-state index in [4.69, 9.17) is 10.2 Å². The van der Waals surface area contributed by atoms with E-state index in [1.54, 1.807) is 12.1 Å². The van der Waals surface area contributed by atoms with Crippen LogP contribution in [0, 0.1) is 0 Å². The van der Waals surface area contributed by atoms with Crippen LogP contribution in [0.4, 0.5) is 0 Å². The van der Waals surface area contributed by atoms with Gasteiger partial charge in [-0.3, -0.25) is 0 Å². The first-order valence-electron chi connectivity index (χ1n) is 2.73. The van der Waals surface area contributed by atoms with Crippen molar-refractivity contribution in [2.75, 3.05) is 0 Å². The Bertz CT molecular complexity index is 263. The van der Waals surface area contributed by atoms with Gasteiger partial charge in [-0.2, -0.15) is 0 Å². The summed E-state index contributed by atoms with van der Waals surface area (Å²) in [5.41, 5.74) is -0.0671. The number of aromatic hydroxyl groups is 1. The summed E-state index contributed by atoms with van der Waals surface area (Å²) in [5.74, 6) is -1.31. The molecule has 0 aliphatic heterocycles.